The molecule has 1 rings (SSSR count). The minimum absolute atomic E-state index is 0.606. The second-order valence-electron chi connectivity index (χ2n) is 1.28. The van der Waals surface area contributed by atoms with Crippen LogP contribution in [0.25, 0.3) is 0 Å². The van der Waals surface area contributed by atoms with Crippen molar-refractivity contribution in [3.63, 3.8) is 0 Å². The van der Waals surface area contributed by atoms with Gasteiger partial charge in [-0.3, -0.25) is 0 Å². The molecule has 0 aromatic rings. The highest BCUT2D eigenvalue weighted by Gasteiger charge is 1.89. The molecule has 1 aliphatic rings. The van der Waals surface area contributed by atoms with Crippen molar-refractivity contribution in [1.29, 1.82) is 0 Å². The van der Waals surface area contributed by atoms with Crippen molar-refractivity contribution < 1.29 is 4.74 Å². The van der Waals surface area contributed by atoms with Crippen LogP contribution in [0.15, 0.2) is 12.0 Å². The normalized spacial score (nSPS) is 18.0. The molecule has 37 valence electrons. The van der Waals surface area contributed by atoms with E-state index in [4.69, 9.17) is 10.5 Å². The van der Waals surface area contributed by atoms with Gasteiger partial charge in [0, 0.05) is 5.29 Å². The molecule has 0 atom stereocenters. The van der Waals surface area contributed by atoms with Crippen LogP contribution in [0.1, 0.15) is 0 Å². The van der Waals surface area contributed by atoms with Crippen LogP contribution in [0, 0.1) is 0 Å². The van der Waals surface area contributed by atoms with Crippen molar-refractivity contribution in [2.45, 2.75) is 0 Å². The Morgan fingerprint density at radius 3 is 3.00 bits per heavy atom. The number of nitrogens with two attached hydrogens (primary N) is 1. The summed E-state index contributed by atoms with van der Waals surface area (Å²) >= 11 is 0. The molecule has 1 radical (unpaired) electrons. The Bertz CT molecular complexity index is 119. The lowest BCUT2D eigenvalue weighted by molar-refractivity contribution is 0.302. The Morgan fingerprint density at radius 1 is 1.86 bits per heavy atom. The molecule has 0 saturated carbocycles. The summed E-state index contributed by atoms with van der Waals surface area (Å²) in [4.78, 5) is 0. The van der Waals surface area contributed by atoms with E-state index >= 15 is 0 Å². The highest BCUT2D eigenvalue weighted by molar-refractivity contribution is 6.58. The summed E-state index contributed by atoms with van der Waals surface area (Å²) in [5.74, 6) is 0. The molecule has 7 heavy (non-hydrogen) atoms. The zero-order chi connectivity index (χ0) is 5.11. The molecule has 0 saturated heterocycles. The number of hydrogen-bond acceptors (Lipinski definition) is 2. The van der Waals surface area contributed by atoms with E-state index in [9.17, 15) is 0 Å². The van der Waals surface area contributed by atoms with Crippen LogP contribution in [-0.4, -0.2) is 21.0 Å². The van der Waals surface area contributed by atoms with Crippen LogP contribution in [0.4, 0.5) is 0 Å². The third-order valence-electron chi connectivity index (χ3n) is 0.672. The Hall–Kier alpha value is -0.573. The molecule has 2 N–H and O–H groups in total. The molecular weight excluding hydrogens is 106 g/mol. The maximum absolute atomic E-state index is 5.39. The van der Waals surface area contributed by atoms with Crippen molar-refractivity contribution in [1.82, 2.24) is 0 Å². The Balaban J connectivity index is 2.57. The Morgan fingerprint density at radius 2 is 2.71 bits per heavy atom. The summed E-state index contributed by atoms with van der Waals surface area (Å²) in [7, 11) is 0.664. The summed E-state index contributed by atoms with van der Waals surface area (Å²) in [6.45, 7) is 0.606. The number of hydrogen-bond donors (Lipinski definition) is 1. The lowest BCUT2D eigenvalue weighted by Gasteiger charge is -2.02. The average Bonchev–Trinajstić information content (AvgIpc) is 1.69. The molecule has 0 fully saturated rings. The zero-order valence-corrected chi connectivity index (χ0v) is 4.85. The fourth-order valence-corrected chi connectivity index (χ4v) is 0.914. The molecule has 3 heteroatoms. The first kappa shape index (κ1) is 4.58. The first-order chi connectivity index (χ1) is 3.39. The summed E-state index contributed by atoms with van der Waals surface area (Å²) < 4.78 is 4.85. The van der Waals surface area contributed by atoms with Crippen LogP contribution in [0.5, 0.6) is 0 Å². The van der Waals surface area contributed by atoms with E-state index in [2.05, 4.69) is 0 Å². The van der Waals surface area contributed by atoms with Gasteiger partial charge >= 0.3 is 0 Å². The van der Waals surface area contributed by atoms with E-state index in [1.807, 2.05) is 5.70 Å². The first-order valence-corrected chi connectivity index (χ1v) is 3.12. The van der Waals surface area contributed by atoms with E-state index < -0.39 is 0 Å². The highest BCUT2D eigenvalue weighted by Crippen LogP contribution is 1.79. The quantitative estimate of drug-likeness (QED) is 0.420. The molecule has 1 aliphatic heterocycles. The second kappa shape index (κ2) is 1.93. The van der Waals surface area contributed by atoms with Crippen molar-refractivity contribution >= 4 is 14.4 Å². The predicted molar refractivity (Wildman–Crippen MR) is 30.0 cm³/mol. The maximum Gasteiger partial charge on any atom is 0.122 e. The molecule has 0 bridgehead atoms. The second-order valence-corrected chi connectivity index (χ2v) is 2.55. The van der Waals surface area contributed by atoms with Gasteiger partial charge in [0.1, 0.15) is 6.61 Å². The van der Waals surface area contributed by atoms with Crippen LogP contribution < -0.4 is 5.73 Å². The van der Waals surface area contributed by atoms with Gasteiger partial charge in [0.05, 0.1) is 15.4 Å². The molecule has 0 aromatic carbocycles. The van der Waals surface area contributed by atoms with E-state index in [1.165, 1.54) is 0 Å². The first-order valence-electron chi connectivity index (χ1n) is 2.04. The predicted octanol–water partition coefficient (Wildman–Crippen LogP) is -0.719. The van der Waals surface area contributed by atoms with Gasteiger partial charge in [-0.2, -0.15) is 0 Å². The molecule has 2 nitrogen and oxygen atoms in total. The summed E-state index contributed by atoms with van der Waals surface area (Å²) in [6, 6.07) is 0. The van der Waals surface area contributed by atoms with Crippen LogP contribution in [-0.2, 0) is 4.74 Å². The van der Waals surface area contributed by atoms with E-state index in [0.717, 1.165) is 5.29 Å². The van der Waals surface area contributed by atoms with Crippen molar-refractivity contribution in [3.8, 4) is 0 Å². The van der Waals surface area contributed by atoms with E-state index in [-0.39, 0.29) is 0 Å². The van der Waals surface area contributed by atoms with Gasteiger partial charge < -0.3 is 10.5 Å². The van der Waals surface area contributed by atoms with Gasteiger partial charge in [-0.1, -0.05) is 0 Å². The van der Waals surface area contributed by atoms with Gasteiger partial charge in [0.25, 0.3) is 0 Å². The molecule has 0 aliphatic carbocycles. The fraction of sp³-hybridized carbons (Fsp3) is 0.250. The SMILES string of the molecule is NC1=[Si]C=COC1. The van der Waals surface area contributed by atoms with Gasteiger partial charge in [0.15, 0.2) is 0 Å². The van der Waals surface area contributed by atoms with Crippen LogP contribution >= 0.6 is 0 Å². The van der Waals surface area contributed by atoms with Gasteiger partial charge in [-0.15, -0.1) is 0 Å². The standard InChI is InChI=1S/C4H6NOSi/c5-4-3-6-1-2-7-4/h1-2H,3,5H2. The minimum Gasteiger partial charge on any atom is -0.496 e. The van der Waals surface area contributed by atoms with Gasteiger partial charge in [-0.05, 0) is 5.70 Å². The van der Waals surface area contributed by atoms with Crippen molar-refractivity contribution in [3.05, 3.63) is 12.0 Å². The van der Waals surface area contributed by atoms with Gasteiger partial charge in [0.2, 0.25) is 0 Å². The maximum atomic E-state index is 5.39. The minimum atomic E-state index is 0.606. The largest absolute Gasteiger partial charge is 0.496 e. The molecule has 0 amide bonds. The molecule has 1 heterocycles. The van der Waals surface area contributed by atoms with Gasteiger partial charge in [-0.25, -0.2) is 0 Å². The number of rotatable bonds is 0. The summed E-state index contributed by atoms with van der Waals surface area (Å²) in [5.41, 5.74) is 7.32. The summed E-state index contributed by atoms with van der Waals surface area (Å²) in [5, 5.41) is 0.933. The molecular formula is C4H6NOSi. The molecule has 0 spiro atoms. The Kier molecular flexibility index (Phi) is 1.26. The molecule has 0 unspecified atom stereocenters. The zero-order valence-electron chi connectivity index (χ0n) is 3.85. The smallest absolute Gasteiger partial charge is 0.122 e. The van der Waals surface area contributed by atoms with E-state index in [0.29, 0.717) is 15.7 Å². The van der Waals surface area contributed by atoms with Crippen molar-refractivity contribution in [2.24, 2.45) is 5.73 Å². The van der Waals surface area contributed by atoms with Crippen molar-refractivity contribution in [2.75, 3.05) is 6.61 Å². The Labute approximate surface area is 44.4 Å². The fourth-order valence-electron chi connectivity index (χ4n) is 0.369. The summed E-state index contributed by atoms with van der Waals surface area (Å²) in [6.07, 6.45) is 1.69. The van der Waals surface area contributed by atoms with Crippen LogP contribution in [0.2, 0.25) is 0 Å². The highest BCUT2D eigenvalue weighted by atomic mass is 28.2. The average molecular weight is 112 g/mol. The lowest BCUT2D eigenvalue weighted by Crippen LogP contribution is -2.23. The third-order valence-corrected chi connectivity index (χ3v) is 1.49. The van der Waals surface area contributed by atoms with E-state index in [1.54, 1.807) is 6.26 Å². The number of ether oxygens (including phenoxy) is 1. The topological polar surface area (TPSA) is 35.2 Å². The lowest BCUT2D eigenvalue weighted by atomic mass is 10.7. The third kappa shape index (κ3) is 1.16. The molecule has 0 aromatic heterocycles. The van der Waals surface area contributed by atoms with Crippen LogP contribution in [0.3, 0.4) is 0 Å². The monoisotopic (exact) mass is 112 g/mol.